The molecule has 0 bridgehead atoms. The van der Waals surface area contributed by atoms with Crippen LogP contribution in [-0.2, 0) is 13.0 Å². The predicted octanol–water partition coefficient (Wildman–Crippen LogP) is 4.97. The molecule has 3 heterocycles. The zero-order valence-corrected chi connectivity index (χ0v) is 14.0. The van der Waals surface area contributed by atoms with E-state index in [1.165, 1.54) is 27.0 Å². The average molecular weight is 329 g/mol. The Morgan fingerprint density at radius 1 is 1.23 bits per heavy atom. The molecule has 4 heteroatoms. The molecular formula is C18H17ClN2S. The summed E-state index contributed by atoms with van der Waals surface area (Å²) in [6, 6.07) is 12.5. The summed E-state index contributed by atoms with van der Waals surface area (Å²) in [4.78, 5) is 2.38. The number of aromatic nitrogens is 1. The van der Waals surface area contributed by atoms with E-state index < -0.39 is 0 Å². The SMILES string of the molecule is CN1CCc2c(c3sc(Cl)cc3n2C=Cc2ccccc2)C1. The van der Waals surface area contributed by atoms with Gasteiger partial charge in [-0.3, -0.25) is 0 Å². The van der Waals surface area contributed by atoms with Crippen LogP contribution in [0.3, 0.4) is 0 Å². The molecule has 22 heavy (non-hydrogen) atoms. The second-order valence-corrected chi connectivity index (χ2v) is 7.46. The minimum absolute atomic E-state index is 0.864. The maximum Gasteiger partial charge on any atom is 0.0956 e. The number of hydrogen-bond acceptors (Lipinski definition) is 2. The van der Waals surface area contributed by atoms with E-state index in [-0.39, 0.29) is 0 Å². The summed E-state index contributed by atoms with van der Waals surface area (Å²) in [7, 11) is 2.18. The first kappa shape index (κ1) is 14.1. The smallest absolute Gasteiger partial charge is 0.0956 e. The van der Waals surface area contributed by atoms with Gasteiger partial charge in [-0.2, -0.15) is 0 Å². The van der Waals surface area contributed by atoms with Crippen molar-refractivity contribution in [2.24, 2.45) is 0 Å². The molecule has 1 aromatic carbocycles. The molecule has 112 valence electrons. The van der Waals surface area contributed by atoms with Crippen LogP contribution in [0.25, 0.3) is 22.5 Å². The average Bonchev–Trinajstić information content (AvgIpc) is 3.02. The molecule has 0 spiro atoms. The van der Waals surface area contributed by atoms with Crippen LogP contribution in [0.5, 0.6) is 0 Å². The van der Waals surface area contributed by atoms with E-state index in [0.717, 1.165) is 23.8 Å². The Hall–Kier alpha value is -1.55. The van der Waals surface area contributed by atoms with Crippen molar-refractivity contribution in [1.29, 1.82) is 0 Å². The lowest BCUT2D eigenvalue weighted by Gasteiger charge is -2.23. The Labute approximate surface area is 139 Å². The molecule has 1 aliphatic heterocycles. The largest absolute Gasteiger partial charge is 0.319 e. The van der Waals surface area contributed by atoms with Crippen LogP contribution in [-0.4, -0.2) is 23.1 Å². The minimum Gasteiger partial charge on any atom is -0.319 e. The fourth-order valence-electron chi connectivity index (χ4n) is 3.14. The number of nitrogens with zero attached hydrogens (tertiary/aromatic N) is 2. The highest BCUT2D eigenvalue weighted by Gasteiger charge is 2.23. The fraction of sp³-hybridized carbons (Fsp3) is 0.222. The first-order valence-electron chi connectivity index (χ1n) is 7.45. The molecule has 0 aliphatic carbocycles. The minimum atomic E-state index is 0.864. The Morgan fingerprint density at radius 3 is 2.86 bits per heavy atom. The highest BCUT2D eigenvalue weighted by atomic mass is 35.5. The zero-order valence-electron chi connectivity index (χ0n) is 12.4. The summed E-state index contributed by atoms with van der Waals surface area (Å²) in [5.41, 5.74) is 5.33. The van der Waals surface area contributed by atoms with Crippen molar-refractivity contribution in [3.05, 3.63) is 57.6 Å². The maximum atomic E-state index is 6.26. The lowest BCUT2D eigenvalue weighted by Crippen LogP contribution is -2.26. The van der Waals surface area contributed by atoms with E-state index in [9.17, 15) is 0 Å². The van der Waals surface area contributed by atoms with Gasteiger partial charge in [0.1, 0.15) is 0 Å². The molecular weight excluding hydrogens is 312 g/mol. The quantitative estimate of drug-likeness (QED) is 0.644. The molecule has 0 unspecified atom stereocenters. The third-order valence-electron chi connectivity index (χ3n) is 4.23. The van der Waals surface area contributed by atoms with Crippen LogP contribution in [0.1, 0.15) is 16.8 Å². The summed E-state index contributed by atoms with van der Waals surface area (Å²) in [5.74, 6) is 0. The van der Waals surface area contributed by atoms with Crippen LogP contribution >= 0.6 is 22.9 Å². The second-order valence-electron chi connectivity index (χ2n) is 5.77. The number of benzene rings is 1. The molecule has 0 fully saturated rings. The first-order chi connectivity index (χ1) is 10.7. The van der Waals surface area contributed by atoms with Gasteiger partial charge in [-0.05, 0) is 24.8 Å². The van der Waals surface area contributed by atoms with E-state index >= 15 is 0 Å². The number of likely N-dealkylation sites (N-methyl/N-ethyl adjacent to an activating group) is 1. The molecule has 2 nitrogen and oxygen atoms in total. The molecule has 1 aliphatic rings. The van der Waals surface area contributed by atoms with E-state index in [1.807, 2.05) is 6.07 Å². The predicted molar refractivity (Wildman–Crippen MR) is 96.5 cm³/mol. The van der Waals surface area contributed by atoms with Gasteiger partial charge in [-0.15, -0.1) is 11.3 Å². The Balaban J connectivity index is 1.84. The zero-order chi connectivity index (χ0) is 15.1. The van der Waals surface area contributed by atoms with Crippen LogP contribution < -0.4 is 0 Å². The van der Waals surface area contributed by atoms with Gasteiger partial charge in [0, 0.05) is 37.0 Å². The van der Waals surface area contributed by atoms with Gasteiger partial charge in [0.05, 0.1) is 14.6 Å². The van der Waals surface area contributed by atoms with Gasteiger partial charge in [0.25, 0.3) is 0 Å². The van der Waals surface area contributed by atoms with Crippen LogP contribution in [0.15, 0.2) is 36.4 Å². The summed E-state index contributed by atoms with van der Waals surface area (Å²) < 4.78 is 4.53. The molecule has 0 saturated heterocycles. The van der Waals surface area contributed by atoms with E-state index in [1.54, 1.807) is 11.3 Å². The van der Waals surface area contributed by atoms with Crippen LogP contribution in [0.2, 0.25) is 4.34 Å². The highest BCUT2D eigenvalue weighted by Crippen LogP contribution is 2.38. The summed E-state index contributed by atoms with van der Waals surface area (Å²) >= 11 is 7.96. The number of halogens is 1. The van der Waals surface area contributed by atoms with Gasteiger partial charge in [-0.25, -0.2) is 0 Å². The van der Waals surface area contributed by atoms with Crippen molar-refractivity contribution in [2.75, 3.05) is 13.6 Å². The summed E-state index contributed by atoms with van der Waals surface area (Å²) in [6.45, 7) is 2.12. The van der Waals surface area contributed by atoms with Crippen molar-refractivity contribution in [1.82, 2.24) is 9.47 Å². The number of hydrogen-bond donors (Lipinski definition) is 0. The summed E-state index contributed by atoms with van der Waals surface area (Å²) in [6.07, 6.45) is 5.44. The molecule has 0 N–H and O–H groups in total. The normalized spacial score (nSPS) is 15.7. The third kappa shape index (κ3) is 2.39. The van der Waals surface area contributed by atoms with Crippen LogP contribution in [0, 0.1) is 0 Å². The van der Waals surface area contributed by atoms with E-state index in [0.29, 0.717) is 0 Å². The third-order valence-corrected chi connectivity index (χ3v) is 5.54. The number of fused-ring (bicyclic) bond motifs is 3. The Kier molecular flexibility index (Phi) is 3.57. The molecule has 0 atom stereocenters. The maximum absolute atomic E-state index is 6.26. The van der Waals surface area contributed by atoms with Crippen molar-refractivity contribution in [2.45, 2.75) is 13.0 Å². The van der Waals surface area contributed by atoms with Gasteiger partial charge in [0.2, 0.25) is 0 Å². The number of rotatable bonds is 2. The topological polar surface area (TPSA) is 8.17 Å². The fourth-order valence-corrected chi connectivity index (χ4v) is 4.41. The lowest BCUT2D eigenvalue weighted by atomic mass is 10.1. The van der Waals surface area contributed by atoms with Gasteiger partial charge < -0.3 is 9.47 Å². The standard InChI is InChI=1S/C18H17ClN2S/c1-20-9-8-15-14(12-20)18-16(11-17(19)22-18)21(15)10-7-13-5-3-2-4-6-13/h2-7,10-11H,8-9,12H2,1H3. The monoisotopic (exact) mass is 328 g/mol. The van der Waals surface area contributed by atoms with Crippen molar-refractivity contribution >= 4 is 45.4 Å². The van der Waals surface area contributed by atoms with Crippen LogP contribution in [0.4, 0.5) is 0 Å². The lowest BCUT2D eigenvalue weighted by molar-refractivity contribution is 0.312. The van der Waals surface area contributed by atoms with Gasteiger partial charge in [-0.1, -0.05) is 41.9 Å². The molecule has 0 amide bonds. The molecule has 4 rings (SSSR count). The molecule has 3 aromatic rings. The first-order valence-corrected chi connectivity index (χ1v) is 8.64. The summed E-state index contributed by atoms with van der Waals surface area (Å²) in [5, 5.41) is 0. The molecule has 0 radical (unpaired) electrons. The van der Waals surface area contributed by atoms with E-state index in [2.05, 4.69) is 59.1 Å². The Morgan fingerprint density at radius 2 is 2.05 bits per heavy atom. The van der Waals surface area contributed by atoms with Crippen molar-refractivity contribution < 1.29 is 0 Å². The second kappa shape index (κ2) is 5.58. The molecule has 2 aromatic heterocycles. The van der Waals surface area contributed by atoms with Crippen molar-refractivity contribution in [3.63, 3.8) is 0 Å². The van der Waals surface area contributed by atoms with Gasteiger partial charge in [0.15, 0.2) is 0 Å². The van der Waals surface area contributed by atoms with E-state index in [4.69, 9.17) is 11.6 Å². The number of thiophene rings is 1. The van der Waals surface area contributed by atoms with Gasteiger partial charge >= 0.3 is 0 Å². The van der Waals surface area contributed by atoms with Crippen molar-refractivity contribution in [3.8, 4) is 0 Å². The highest BCUT2D eigenvalue weighted by molar-refractivity contribution is 7.22. The molecule has 0 saturated carbocycles. The Bertz CT molecular complexity index is 845.